The Balaban J connectivity index is 0.00000324. The van der Waals surface area contributed by atoms with Crippen LogP contribution in [-0.2, 0) is 0 Å². The van der Waals surface area contributed by atoms with Crippen LogP contribution in [0.15, 0.2) is 0 Å². The molecule has 1 heterocycles. The van der Waals surface area contributed by atoms with Gasteiger partial charge in [-0.3, -0.25) is 0 Å². The molecule has 0 atom stereocenters. The Kier molecular flexibility index (Phi) is 5.92. The molecule has 0 radical (unpaired) electrons. The van der Waals surface area contributed by atoms with Crippen molar-refractivity contribution in [2.24, 2.45) is 0 Å². The van der Waals surface area contributed by atoms with Crippen LogP contribution < -0.4 is 5.11 Å². The van der Waals surface area contributed by atoms with Crippen LogP contribution in [-0.4, -0.2) is 49.2 Å². The smallest absolute Gasteiger partial charge is 0.357 e. The number of carbonyl (C=O) groups is 4. The molecule has 0 saturated carbocycles. The van der Waals surface area contributed by atoms with Gasteiger partial charge in [0.25, 0.3) is 0 Å². The second kappa shape index (κ2) is 6.49. The van der Waals surface area contributed by atoms with Gasteiger partial charge in [-0.15, -0.1) is 0 Å². The Labute approximate surface area is 137 Å². The van der Waals surface area contributed by atoms with Gasteiger partial charge in [-0.05, 0) is 0 Å². The van der Waals surface area contributed by atoms with Crippen molar-refractivity contribution < 1.29 is 81.4 Å². The molecule has 0 aliphatic carbocycles. The Morgan fingerprint density at radius 2 is 1.00 bits per heavy atom. The van der Waals surface area contributed by atoms with Crippen LogP contribution in [0.3, 0.4) is 0 Å². The summed E-state index contributed by atoms with van der Waals surface area (Å²) in [6.45, 7) is 0. The van der Waals surface area contributed by atoms with Gasteiger partial charge >= 0.3 is 17.9 Å². The molecule has 0 amide bonds. The standard InChI is InChI=1S/C8H4N2O8.Ce/c11-5(12)1-2(6(13)14)10-4(8(17)18)3(9-1)7(15)16;/h(H,11,12)(H,13,14)(H,15,16)(H,17,18);/p-1. The van der Waals surface area contributed by atoms with Crippen molar-refractivity contribution in [1.29, 1.82) is 0 Å². The molecule has 0 aliphatic rings. The summed E-state index contributed by atoms with van der Waals surface area (Å²) < 4.78 is 0. The van der Waals surface area contributed by atoms with Gasteiger partial charge in [-0.25, -0.2) is 24.4 Å². The SMILES string of the molecule is O=C([O-])c1nc(C(=O)O)c(C(=O)O)nc1C(=O)O.[Ce]. The molecular weight excluding hydrogens is 392 g/mol. The Morgan fingerprint density at radius 1 is 0.737 bits per heavy atom. The summed E-state index contributed by atoms with van der Waals surface area (Å²) in [6.07, 6.45) is 0. The fourth-order valence-electron chi connectivity index (χ4n) is 1.03. The van der Waals surface area contributed by atoms with Crippen molar-refractivity contribution in [3.8, 4) is 0 Å². The maximum absolute atomic E-state index is 10.7. The fraction of sp³-hybridized carbons (Fsp3) is 0. The van der Waals surface area contributed by atoms with E-state index in [1.54, 1.807) is 0 Å². The van der Waals surface area contributed by atoms with E-state index in [2.05, 4.69) is 9.97 Å². The molecule has 0 aromatic carbocycles. The van der Waals surface area contributed by atoms with Gasteiger partial charge in [0.15, 0.2) is 17.1 Å². The number of aromatic carboxylic acids is 4. The van der Waals surface area contributed by atoms with E-state index in [-0.39, 0.29) is 41.7 Å². The average Bonchev–Trinajstić information content (AvgIpc) is 2.26. The Bertz CT molecular complexity index is 486. The summed E-state index contributed by atoms with van der Waals surface area (Å²) in [5.74, 6) is -7.67. The Hall–Kier alpha value is -1.66. The quantitative estimate of drug-likeness (QED) is 0.513. The number of hydrogen-bond donors (Lipinski definition) is 3. The zero-order chi connectivity index (χ0) is 14.0. The molecule has 0 unspecified atom stereocenters. The van der Waals surface area contributed by atoms with Gasteiger partial charge in [-0.2, -0.15) is 0 Å². The van der Waals surface area contributed by atoms with E-state index in [1.807, 2.05) is 0 Å². The Morgan fingerprint density at radius 3 is 1.26 bits per heavy atom. The molecular formula is C8H3CeN2O8-. The number of hydrogen-bond acceptors (Lipinski definition) is 7. The number of aromatic nitrogens is 2. The second-order valence-electron chi connectivity index (χ2n) is 2.82. The molecule has 98 valence electrons. The molecule has 11 heteroatoms. The average molecular weight is 395 g/mol. The third-order valence-corrected chi connectivity index (χ3v) is 1.70. The van der Waals surface area contributed by atoms with Gasteiger partial charge < -0.3 is 25.2 Å². The van der Waals surface area contributed by atoms with E-state index in [0.29, 0.717) is 0 Å². The molecule has 1 aromatic heterocycles. The zero-order valence-electron chi connectivity index (χ0n) is 8.78. The minimum Gasteiger partial charge on any atom is -0.543 e. The molecule has 0 fully saturated rings. The number of carbonyl (C=O) groups excluding carboxylic acids is 1. The van der Waals surface area contributed by atoms with Crippen LogP contribution in [0.4, 0.5) is 0 Å². The minimum atomic E-state index is -2.08. The first-order valence-corrected chi connectivity index (χ1v) is 4.09. The first-order valence-electron chi connectivity index (χ1n) is 4.09. The van der Waals surface area contributed by atoms with Gasteiger partial charge in [0.1, 0.15) is 5.69 Å². The third-order valence-electron chi connectivity index (χ3n) is 1.70. The van der Waals surface area contributed by atoms with Crippen molar-refractivity contribution in [3.05, 3.63) is 22.8 Å². The fourth-order valence-corrected chi connectivity index (χ4v) is 1.03. The van der Waals surface area contributed by atoms with E-state index in [0.717, 1.165) is 0 Å². The molecule has 10 nitrogen and oxygen atoms in total. The molecule has 0 bridgehead atoms. The van der Waals surface area contributed by atoms with Crippen molar-refractivity contribution >= 4 is 23.9 Å². The van der Waals surface area contributed by atoms with Crippen LogP contribution in [0, 0.1) is 41.7 Å². The van der Waals surface area contributed by atoms with Gasteiger partial charge in [0, 0.05) is 41.7 Å². The topological polar surface area (TPSA) is 178 Å². The van der Waals surface area contributed by atoms with Crippen LogP contribution in [0.5, 0.6) is 0 Å². The normalized spacial score (nSPS) is 9.26. The second-order valence-corrected chi connectivity index (χ2v) is 2.82. The summed E-state index contributed by atoms with van der Waals surface area (Å²) in [4.78, 5) is 48.4. The van der Waals surface area contributed by atoms with E-state index in [1.165, 1.54) is 0 Å². The first kappa shape index (κ1) is 17.3. The van der Waals surface area contributed by atoms with Crippen LogP contribution in [0.2, 0.25) is 0 Å². The molecule has 0 aliphatic heterocycles. The summed E-state index contributed by atoms with van der Waals surface area (Å²) in [5, 5.41) is 36.4. The maximum Gasteiger partial charge on any atom is 0.357 e. The predicted octanol–water partition coefficient (Wildman–Crippen LogP) is -2.07. The largest absolute Gasteiger partial charge is 0.543 e. The monoisotopic (exact) mass is 395 g/mol. The van der Waals surface area contributed by atoms with Crippen molar-refractivity contribution in [2.75, 3.05) is 0 Å². The van der Waals surface area contributed by atoms with Crippen LogP contribution in [0.1, 0.15) is 42.0 Å². The van der Waals surface area contributed by atoms with E-state index in [4.69, 9.17) is 15.3 Å². The molecule has 0 spiro atoms. The number of rotatable bonds is 4. The number of carboxylic acids is 4. The zero-order valence-corrected chi connectivity index (χ0v) is 11.9. The van der Waals surface area contributed by atoms with Crippen LogP contribution >= 0.6 is 0 Å². The molecule has 1 rings (SSSR count). The molecule has 3 N–H and O–H groups in total. The van der Waals surface area contributed by atoms with Crippen molar-refractivity contribution in [1.82, 2.24) is 9.97 Å². The van der Waals surface area contributed by atoms with Crippen molar-refractivity contribution in [2.45, 2.75) is 0 Å². The summed E-state index contributed by atoms with van der Waals surface area (Å²) >= 11 is 0. The third kappa shape index (κ3) is 3.65. The van der Waals surface area contributed by atoms with Gasteiger partial charge in [0.2, 0.25) is 0 Å². The molecule has 19 heavy (non-hydrogen) atoms. The predicted molar refractivity (Wildman–Crippen MR) is 47.2 cm³/mol. The maximum atomic E-state index is 10.7. The molecule has 1 aromatic rings. The minimum absolute atomic E-state index is 0. The van der Waals surface area contributed by atoms with Crippen molar-refractivity contribution in [3.63, 3.8) is 0 Å². The summed E-state index contributed by atoms with van der Waals surface area (Å²) in [5.41, 5.74) is -4.83. The summed E-state index contributed by atoms with van der Waals surface area (Å²) in [7, 11) is 0. The first-order chi connectivity index (χ1) is 8.25. The van der Waals surface area contributed by atoms with E-state index >= 15 is 0 Å². The van der Waals surface area contributed by atoms with Gasteiger partial charge in [0.05, 0.1) is 5.97 Å². The summed E-state index contributed by atoms with van der Waals surface area (Å²) in [6, 6.07) is 0. The molecule has 0 saturated heterocycles. The number of nitrogens with zero attached hydrogens (tertiary/aromatic N) is 2. The van der Waals surface area contributed by atoms with Gasteiger partial charge in [-0.1, -0.05) is 0 Å². The van der Waals surface area contributed by atoms with E-state index < -0.39 is 46.7 Å². The number of carboxylic acid groups (broad SMARTS) is 4. The van der Waals surface area contributed by atoms with Crippen LogP contribution in [0.25, 0.3) is 0 Å². The van der Waals surface area contributed by atoms with E-state index in [9.17, 15) is 24.3 Å².